The third-order valence-corrected chi connectivity index (χ3v) is 7.07. The minimum absolute atomic E-state index is 0.0608. The summed E-state index contributed by atoms with van der Waals surface area (Å²) >= 11 is 7.69. The van der Waals surface area contributed by atoms with Gasteiger partial charge in [-0.3, -0.25) is 14.6 Å². The van der Waals surface area contributed by atoms with E-state index in [-0.39, 0.29) is 11.5 Å². The highest BCUT2D eigenvalue weighted by atomic mass is 35.5. The number of aromatic amines is 1. The Morgan fingerprint density at radius 2 is 1.74 bits per heavy atom. The Morgan fingerprint density at radius 3 is 2.54 bits per heavy atom. The molecule has 0 fully saturated rings. The maximum atomic E-state index is 12.8. The second-order valence-electron chi connectivity index (χ2n) is 8.36. The van der Waals surface area contributed by atoms with E-state index in [0.29, 0.717) is 30.0 Å². The van der Waals surface area contributed by atoms with E-state index in [1.807, 2.05) is 66.0 Å². The van der Waals surface area contributed by atoms with Gasteiger partial charge in [-0.05, 0) is 63.7 Å². The fourth-order valence-corrected chi connectivity index (χ4v) is 5.24. The molecule has 2 N–H and O–H groups in total. The van der Waals surface area contributed by atoms with Gasteiger partial charge in [-0.15, -0.1) is 11.3 Å². The van der Waals surface area contributed by atoms with Crippen LogP contribution in [0.1, 0.15) is 38.2 Å². The van der Waals surface area contributed by atoms with E-state index in [1.165, 1.54) is 0 Å². The van der Waals surface area contributed by atoms with E-state index in [4.69, 9.17) is 11.6 Å². The van der Waals surface area contributed by atoms with Gasteiger partial charge in [-0.25, -0.2) is 0 Å². The molecule has 7 heteroatoms. The molecule has 174 valence electrons. The van der Waals surface area contributed by atoms with Gasteiger partial charge in [0.1, 0.15) is 0 Å². The molecule has 0 saturated carbocycles. The van der Waals surface area contributed by atoms with Crippen molar-refractivity contribution in [3.63, 3.8) is 0 Å². The summed E-state index contributed by atoms with van der Waals surface area (Å²) in [5.41, 5.74) is 5.41. The van der Waals surface area contributed by atoms with Crippen molar-refractivity contribution in [1.82, 2.24) is 15.3 Å². The molecule has 0 bridgehead atoms. The van der Waals surface area contributed by atoms with Crippen LogP contribution in [0.25, 0.3) is 10.1 Å². The number of benzene rings is 2. The number of pyridine rings is 2. The highest BCUT2D eigenvalue weighted by Gasteiger charge is 2.10. The second-order valence-corrected chi connectivity index (χ2v) is 9.71. The maximum Gasteiger partial charge on any atom is 0.253 e. The molecule has 5 aromatic rings. The van der Waals surface area contributed by atoms with Crippen molar-refractivity contribution in [3.8, 4) is 0 Å². The maximum absolute atomic E-state index is 12.8. The molecule has 0 saturated heterocycles. The summed E-state index contributed by atoms with van der Waals surface area (Å²) in [7, 11) is 0. The van der Waals surface area contributed by atoms with Crippen molar-refractivity contribution in [2.75, 3.05) is 0 Å². The van der Waals surface area contributed by atoms with Crippen LogP contribution in [-0.4, -0.2) is 15.9 Å². The summed E-state index contributed by atoms with van der Waals surface area (Å²) in [5.74, 6) is -0.156. The minimum atomic E-state index is -0.156. The molecule has 0 aliphatic carbocycles. The van der Waals surface area contributed by atoms with Crippen LogP contribution in [0.15, 0.2) is 89.4 Å². The van der Waals surface area contributed by atoms with E-state index >= 15 is 0 Å². The fraction of sp³-hybridized carbons (Fsp3) is 0.107. The fourth-order valence-electron chi connectivity index (χ4n) is 4.01. The van der Waals surface area contributed by atoms with Gasteiger partial charge in [-0.2, -0.15) is 0 Å². The highest BCUT2D eigenvalue weighted by molar-refractivity contribution is 7.17. The largest absolute Gasteiger partial charge is 0.348 e. The Kier molecular flexibility index (Phi) is 6.75. The monoisotopic (exact) mass is 499 g/mol. The van der Waals surface area contributed by atoms with Crippen LogP contribution in [0.4, 0.5) is 0 Å². The highest BCUT2D eigenvalue weighted by Crippen LogP contribution is 2.28. The lowest BCUT2D eigenvalue weighted by atomic mass is 10.0. The van der Waals surface area contributed by atoms with E-state index in [1.54, 1.807) is 29.9 Å². The molecule has 2 aromatic carbocycles. The summed E-state index contributed by atoms with van der Waals surface area (Å²) in [4.78, 5) is 31.7. The number of fused-ring (bicyclic) bond motifs is 1. The molecule has 35 heavy (non-hydrogen) atoms. The van der Waals surface area contributed by atoms with Gasteiger partial charge in [0.2, 0.25) is 0 Å². The normalized spacial score (nSPS) is 11.0. The quantitative estimate of drug-likeness (QED) is 0.299. The molecule has 1 amide bonds. The number of thiophene rings is 1. The number of nitrogens with zero attached hydrogens (tertiary/aromatic N) is 1. The number of hydrogen-bond donors (Lipinski definition) is 2. The van der Waals surface area contributed by atoms with Crippen molar-refractivity contribution in [3.05, 3.63) is 133 Å². The first kappa shape index (κ1) is 23.0. The predicted octanol–water partition coefficient (Wildman–Crippen LogP) is 5.75. The second kappa shape index (κ2) is 10.3. The van der Waals surface area contributed by atoms with Crippen LogP contribution in [0.2, 0.25) is 5.02 Å². The van der Waals surface area contributed by atoms with E-state index < -0.39 is 0 Å². The SMILES string of the molecule is O=C(NCc1csc2cc(Cl)ccc12)c1cncc(Cc2ccc(Cc3ccc[nH]c3=O)cc2)c1. The van der Waals surface area contributed by atoms with E-state index in [0.717, 1.165) is 37.9 Å². The van der Waals surface area contributed by atoms with Gasteiger partial charge in [0, 0.05) is 46.8 Å². The molecule has 0 radical (unpaired) electrons. The number of rotatable bonds is 7. The molecule has 5 nitrogen and oxygen atoms in total. The topological polar surface area (TPSA) is 74.8 Å². The molecule has 3 heterocycles. The Morgan fingerprint density at radius 1 is 0.943 bits per heavy atom. The minimum Gasteiger partial charge on any atom is -0.348 e. The van der Waals surface area contributed by atoms with Gasteiger partial charge in [0.25, 0.3) is 11.5 Å². The van der Waals surface area contributed by atoms with Crippen LogP contribution >= 0.6 is 22.9 Å². The van der Waals surface area contributed by atoms with Crippen molar-refractivity contribution < 1.29 is 4.79 Å². The van der Waals surface area contributed by atoms with Crippen molar-refractivity contribution in [1.29, 1.82) is 0 Å². The number of nitrogens with one attached hydrogen (secondary N) is 2. The van der Waals surface area contributed by atoms with Gasteiger partial charge in [0.05, 0.1) is 5.56 Å². The number of halogens is 1. The number of hydrogen-bond acceptors (Lipinski definition) is 4. The first-order chi connectivity index (χ1) is 17.0. The predicted molar refractivity (Wildman–Crippen MR) is 141 cm³/mol. The smallest absolute Gasteiger partial charge is 0.253 e. The van der Waals surface area contributed by atoms with Crippen molar-refractivity contribution in [2.24, 2.45) is 0 Å². The van der Waals surface area contributed by atoms with Crippen molar-refractivity contribution >= 4 is 38.9 Å². The molecule has 5 rings (SSSR count). The average Bonchev–Trinajstić information content (AvgIpc) is 3.27. The first-order valence-corrected chi connectivity index (χ1v) is 12.4. The lowest BCUT2D eigenvalue weighted by molar-refractivity contribution is 0.0950. The zero-order valence-electron chi connectivity index (χ0n) is 18.8. The third kappa shape index (κ3) is 5.50. The van der Waals surface area contributed by atoms with Gasteiger partial charge < -0.3 is 10.3 Å². The van der Waals surface area contributed by atoms with Crippen LogP contribution in [0, 0.1) is 0 Å². The molecule has 3 aromatic heterocycles. The summed E-state index contributed by atoms with van der Waals surface area (Å²) in [6.45, 7) is 0.441. The first-order valence-electron chi connectivity index (χ1n) is 11.2. The van der Waals surface area contributed by atoms with Crippen LogP contribution in [0.5, 0.6) is 0 Å². The zero-order chi connectivity index (χ0) is 24.2. The molecule has 0 aliphatic heterocycles. The molecule has 0 spiro atoms. The third-order valence-electron chi connectivity index (χ3n) is 5.84. The summed E-state index contributed by atoms with van der Waals surface area (Å²) in [6.07, 6.45) is 6.25. The number of aromatic nitrogens is 2. The zero-order valence-corrected chi connectivity index (χ0v) is 20.3. The van der Waals surface area contributed by atoms with E-state index in [2.05, 4.69) is 15.3 Å². The lowest BCUT2D eigenvalue weighted by Gasteiger charge is -2.08. The lowest BCUT2D eigenvalue weighted by Crippen LogP contribution is -2.23. The average molecular weight is 500 g/mol. The molecule has 0 atom stereocenters. The Hall–Kier alpha value is -3.74. The standard InChI is InChI=1S/C28H22ClN3O2S/c29-24-7-8-25-23(17-35-26(25)13-24)16-32-28(34)22-12-20(14-30-15-22)10-18-3-5-19(6-4-18)11-21-2-1-9-31-27(21)33/h1-9,12-15,17H,10-11,16H2,(H,31,33)(H,32,34). The van der Waals surface area contributed by atoms with Crippen LogP contribution < -0.4 is 10.9 Å². The molecule has 0 aliphatic rings. The van der Waals surface area contributed by atoms with Gasteiger partial charge >= 0.3 is 0 Å². The molecular weight excluding hydrogens is 478 g/mol. The summed E-state index contributed by atoms with van der Waals surface area (Å²) in [5, 5.41) is 6.86. The van der Waals surface area contributed by atoms with Crippen LogP contribution in [0.3, 0.4) is 0 Å². The number of amides is 1. The Bertz CT molecular complexity index is 1560. The van der Waals surface area contributed by atoms with E-state index in [9.17, 15) is 9.59 Å². The van der Waals surface area contributed by atoms with Crippen molar-refractivity contribution in [2.45, 2.75) is 19.4 Å². The Labute approximate surface area is 211 Å². The van der Waals surface area contributed by atoms with Gasteiger partial charge in [0.15, 0.2) is 0 Å². The van der Waals surface area contributed by atoms with Gasteiger partial charge in [-0.1, -0.05) is 48.0 Å². The summed E-state index contributed by atoms with van der Waals surface area (Å²) < 4.78 is 1.10. The molecular formula is C28H22ClN3O2S. The molecule has 0 unspecified atom stereocenters. The summed E-state index contributed by atoms with van der Waals surface area (Å²) in [6, 6.07) is 19.5. The Balaban J connectivity index is 1.22. The number of H-pyrrole nitrogens is 1. The number of carbonyl (C=O) groups excluding carboxylic acids is 1. The number of carbonyl (C=O) groups is 1. The van der Waals surface area contributed by atoms with Crippen LogP contribution in [-0.2, 0) is 19.4 Å².